The quantitative estimate of drug-likeness (QED) is 0.633. The van der Waals surface area contributed by atoms with Crippen LogP contribution in [-0.4, -0.2) is 11.6 Å². The van der Waals surface area contributed by atoms with Crippen molar-refractivity contribution in [3.63, 3.8) is 0 Å². The highest BCUT2D eigenvalue weighted by Crippen LogP contribution is 2.41. The molecule has 0 saturated carbocycles. The summed E-state index contributed by atoms with van der Waals surface area (Å²) in [5.74, 6) is 0.925. The van der Waals surface area contributed by atoms with E-state index < -0.39 is 0 Å². The Bertz CT molecular complexity index is 994. The van der Waals surface area contributed by atoms with Crippen molar-refractivity contribution in [3.8, 4) is 34.2 Å². The van der Waals surface area contributed by atoms with Crippen molar-refractivity contribution in [2.24, 2.45) is 0 Å². The Kier molecular flexibility index (Phi) is 5.24. The minimum absolute atomic E-state index is 0.217. The molecule has 0 saturated heterocycles. The van der Waals surface area contributed by atoms with Gasteiger partial charge < -0.3 is 10.5 Å². The van der Waals surface area contributed by atoms with Gasteiger partial charge in [-0.05, 0) is 37.6 Å². The average Bonchev–Trinajstić information content (AvgIpc) is 2.65. The summed E-state index contributed by atoms with van der Waals surface area (Å²) >= 11 is 3.51. The van der Waals surface area contributed by atoms with Crippen LogP contribution in [-0.2, 0) is 0 Å². The molecule has 0 fully saturated rings. The minimum atomic E-state index is 0.217. The maximum Gasteiger partial charge on any atom is 0.142 e. The van der Waals surface area contributed by atoms with Gasteiger partial charge in [0.25, 0.3) is 0 Å². The molecule has 26 heavy (non-hydrogen) atoms. The zero-order valence-corrected chi connectivity index (χ0v) is 16.2. The molecule has 0 unspecified atom stereocenters. The highest BCUT2D eigenvalue weighted by atomic mass is 79.9. The molecule has 1 heterocycles. The van der Waals surface area contributed by atoms with Gasteiger partial charge in [-0.1, -0.05) is 46.3 Å². The molecule has 1 aromatic heterocycles. The molecular weight excluding hydrogens is 390 g/mol. The second-order valence-corrected chi connectivity index (χ2v) is 6.69. The van der Waals surface area contributed by atoms with Crippen LogP contribution in [0.4, 0.5) is 5.82 Å². The molecule has 0 radical (unpaired) electrons. The molecule has 0 aliphatic carbocycles. The summed E-state index contributed by atoms with van der Waals surface area (Å²) in [5, 5.41) is 9.71. The van der Waals surface area contributed by atoms with E-state index in [-0.39, 0.29) is 5.82 Å². The van der Waals surface area contributed by atoms with E-state index in [1.165, 1.54) is 0 Å². The summed E-state index contributed by atoms with van der Waals surface area (Å²) < 4.78 is 6.69. The van der Waals surface area contributed by atoms with E-state index in [0.29, 0.717) is 17.9 Å². The highest BCUT2D eigenvalue weighted by Gasteiger charge is 2.21. The first-order valence-electron chi connectivity index (χ1n) is 8.25. The number of ether oxygens (including phenoxy) is 1. The van der Waals surface area contributed by atoms with Gasteiger partial charge in [0.1, 0.15) is 23.2 Å². The molecular formula is C21H18BrN3O. The van der Waals surface area contributed by atoms with Crippen LogP contribution in [0, 0.1) is 18.3 Å². The molecule has 0 amide bonds. The van der Waals surface area contributed by atoms with E-state index in [1.807, 2.05) is 62.4 Å². The van der Waals surface area contributed by atoms with Gasteiger partial charge in [0.2, 0.25) is 0 Å². The maximum atomic E-state index is 9.71. The van der Waals surface area contributed by atoms with Crippen molar-refractivity contribution in [1.29, 1.82) is 5.26 Å². The third kappa shape index (κ3) is 3.29. The number of benzene rings is 2. The lowest BCUT2D eigenvalue weighted by molar-refractivity contribution is 0.341. The molecule has 0 spiro atoms. The molecule has 3 rings (SSSR count). The van der Waals surface area contributed by atoms with Gasteiger partial charge in [-0.25, -0.2) is 4.98 Å². The number of nitrogens with zero attached hydrogens (tertiary/aromatic N) is 2. The van der Waals surface area contributed by atoms with Gasteiger partial charge in [-0.15, -0.1) is 0 Å². The first kappa shape index (κ1) is 18.0. The Hall–Kier alpha value is -2.84. The summed E-state index contributed by atoms with van der Waals surface area (Å²) in [6.45, 7) is 4.42. The number of hydrogen-bond donors (Lipinski definition) is 1. The van der Waals surface area contributed by atoms with Gasteiger partial charge in [0, 0.05) is 21.2 Å². The largest absolute Gasteiger partial charge is 0.493 e. The molecule has 0 aliphatic heterocycles. The molecule has 0 bridgehead atoms. The number of nitrogen functional groups attached to an aromatic ring is 1. The molecule has 0 atom stereocenters. The van der Waals surface area contributed by atoms with Crippen LogP contribution >= 0.6 is 15.9 Å². The van der Waals surface area contributed by atoms with E-state index in [9.17, 15) is 5.26 Å². The summed E-state index contributed by atoms with van der Waals surface area (Å²) in [4.78, 5) is 4.50. The lowest BCUT2D eigenvalue weighted by atomic mass is 9.92. The first-order valence-corrected chi connectivity index (χ1v) is 9.04. The van der Waals surface area contributed by atoms with Crippen molar-refractivity contribution in [2.75, 3.05) is 12.3 Å². The number of nitriles is 1. The van der Waals surface area contributed by atoms with Crippen molar-refractivity contribution in [1.82, 2.24) is 4.98 Å². The summed E-state index contributed by atoms with van der Waals surface area (Å²) in [6.07, 6.45) is 0. The molecule has 130 valence electrons. The Morgan fingerprint density at radius 3 is 2.58 bits per heavy atom. The lowest BCUT2D eigenvalue weighted by Crippen LogP contribution is -2.04. The number of rotatable bonds is 4. The summed E-state index contributed by atoms with van der Waals surface area (Å²) in [7, 11) is 0. The Morgan fingerprint density at radius 2 is 1.92 bits per heavy atom. The second kappa shape index (κ2) is 7.59. The number of halogens is 1. The van der Waals surface area contributed by atoms with Crippen LogP contribution in [0.1, 0.15) is 18.1 Å². The Morgan fingerprint density at radius 1 is 1.19 bits per heavy atom. The smallest absolute Gasteiger partial charge is 0.142 e. The zero-order valence-electron chi connectivity index (χ0n) is 14.6. The van der Waals surface area contributed by atoms with Crippen LogP contribution in [0.2, 0.25) is 0 Å². The zero-order chi connectivity index (χ0) is 18.7. The third-order valence-electron chi connectivity index (χ3n) is 4.14. The first-order chi connectivity index (χ1) is 12.6. The fourth-order valence-electron chi connectivity index (χ4n) is 3.00. The van der Waals surface area contributed by atoms with E-state index in [0.717, 1.165) is 32.4 Å². The SMILES string of the molecule is CCOc1ccc(Br)cc1-c1c(C)c(-c2ccccc2)nc(N)c1C#N. The molecule has 0 aliphatic rings. The number of aromatic nitrogens is 1. The fraction of sp³-hybridized carbons (Fsp3) is 0.143. The highest BCUT2D eigenvalue weighted by molar-refractivity contribution is 9.10. The normalized spacial score (nSPS) is 10.4. The Labute approximate surface area is 161 Å². The van der Waals surface area contributed by atoms with Crippen LogP contribution in [0.25, 0.3) is 22.4 Å². The van der Waals surface area contributed by atoms with E-state index in [1.54, 1.807) is 0 Å². The fourth-order valence-corrected chi connectivity index (χ4v) is 3.36. The minimum Gasteiger partial charge on any atom is -0.493 e. The van der Waals surface area contributed by atoms with Gasteiger partial charge in [0.15, 0.2) is 0 Å². The third-order valence-corrected chi connectivity index (χ3v) is 4.63. The van der Waals surface area contributed by atoms with Crippen LogP contribution in [0.5, 0.6) is 5.75 Å². The number of hydrogen-bond acceptors (Lipinski definition) is 4. The van der Waals surface area contributed by atoms with Crippen molar-refractivity contribution >= 4 is 21.7 Å². The van der Waals surface area contributed by atoms with Crippen LogP contribution in [0.15, 0.2) is 53.0 Å². The molecule has 2 N–H and O–H groups in total. The second-order valence-electron chi connectivity index (χ2n) is 5.77. The topological polar surface area (TPSA) is 71.9 Å². The Balaban J connectivity index is 2.36. The molecule has 3 aromatic rings. The van der Waals surface area contributed by atoms with Gasteiger partial charge in [-0.2, -0.15) is 5.26 Å². The number of anilines is 1. The van der Waals surface area contributed by atoms with Crippen molar-refractivity contribution < 1.29 is 4.74 Å². The molecule has 5 heteroatoms. The molecule has 2 aromatic carbocycles. The van der Waals surface area contributed by atoms with E-state index in [4.69, 9.17) is 10.5 Å². The lowest BCUT2D eigenvalue weighted by Gasteiger charge is -2.18. The van der Waals surface area contributed by atoms with Gasteiger partial charge >= 0.3 is 0 Å². The number of nitrogens with two attached hydrogens (primary N) is 1. The summed E-state index contributed by atoms with van der Waals surface area (Å²) in [6, 6.07) is 17.8. The van der Waals surface area contributed by atoms with Crippen LogP contribution in [0.3, 0.4) is 0 Å². The predicted molar refractivity (Wildman–Crippen MR) is 108 cm³/mol. The standard InChI is InChI=1S/C21H18BrN3O/c1-3-26-18-10-9-15(22)11-16(18)19-13(2)20(14-7-5-4-6-8-14)25-21(24)17(19)12-23/h4-11H,3H2,1-2H3,(H2,24,25). The average molecular weight is 408 g/mol. The van der Waals surface area contributed by atoms with Crippen LogP contribution < -0.4 is 10.5 Å². The monoisotopic (exact) mass is 407 g/mol. The van der Waals surface area contributed by atoms with Gasteiger partial charge in [0.05, 0.1) is 12.3 Å². The number of pyridine rings is 1. The van der Waals surface area contributed by atoms with E-state index >= 15 is 0 Å². The van der Waals surface area contributed by atoms with Crippen molar-refractivity contribution in [3.05, 3.63) is 64.1 Å². The molecule has 4 nitrogen and oxygen atoms in total. The van der Waals surface area contributed by atoms with Gasteiger partial charge in [-0.3, -0.25) is 0 Å². The van der Waals surface area contributed by atoms with Crippen molar-refractivity contribution in [2.45, 2.75) is 13.8 Å². The van der Waals surface area contributed by atoms with E-state index in [2.05, 4.69) is 27.0 Å². The summed E-state index contributed by atoms with van der Waals surface area (Å²) in [5.41, 5.74) is 10.7. The predicted octanol–water partition coefficient (Wildman–Crippen LogP) is 5.34. The maximum absolute atomic E-state index is 9.71.